The lowest BCUT2D eigenvalue weighted by molar-refractivity contribution is -0.143. The zero-order valence-corrected chi connectivity index (χ0v) is 15.3. The maximum Gasteiger partial charge on any atom is 0.416 e. The first-order valence-electron chi connectivity index (χ1n) is 7.05. The van der Waals surface area contributed by atoms with E-state index in [0.29, 0.717) is 6.26 Å². The third-order valence-corrected chi connectivity index (χ3v) is 5.88. The second kappa shape index (κ2) is 6.95. The Morgan fingerprint density at radius 1 is 0.750 bits per heavy atom. The highest BCUT2D eigenvalue weighted by molar-refractivity contribution is 7.92. The van der Waals surface area contributed by atoms with Gasteiger partial charge in [-0.3, -0.25) is 0 Å². The Kier molecular flexibility index (Phi) is 5.47. The van der Waals surface area contributed by atoms with Crippen LogP contribution in [0.15, 0.2) is 52.3 Å². The molecule has 0 aliphatic carbocycles. The molecule has 0 aliphatic rings. The van der Waals surface area contributed by atoms with Gasteiger partial charge in [0.25, 0.3) is 0 Å². The highest BCUT2D eigenvalue weighted by Crippen LogP contribution is 2.39. The Balaban J connectivity index is 2.63. The van der Waals surface area contributed by atoms with Gasteiger partial charge in [0, 0.05) is 6.26 Å². The fourth-order valence-electron chi connectivity index (χ4n) is 2.11. The quantitative estimate of drug-likeness (QED) is 0.524. The van der Waals surface area contributed by atoms with Crippen molar-refractivity contribution in [3.8, 4) is 5.75 Å². The van der Waals surface area contributed by atoms with E-state index in [9.17, 15) is 43.2 Å². The number of hydrogen-bond acceptors (Lipinski definition) is 5. The van der Waals surface area contributed by atoms with Gasteiger partial charge in [0.05, 0.1) is 16.0 Å². The van der Waals surface area contributed by atoms with E-state index in [1.54, 1.807) is 0 Å². The number of hydrogen-bond donors (Lipinski definition) is 0. The van der Waals surface area contributed by atoms with Gasteiger partial charge in [0.15, 0.2) is 9.84 Å². The van der Waals surface area contributed by atoms with Crippen LogP contribution in [0.5, 0.6) is 5.75 Å². The van der Waals surface area contributed by atoms with Crippen LogP contribution in [0.2, 0.25) is 0 Å². The van der Waals surface area contributed by atoms with Crippen molar-refractivity contribution in [1.29, 1.82) is 0 Å². The molecule has 2 aromatic rings. The normalized spacial score (nSPS) is 13.4. The van der Waals surface area contributed by atoms with Gasteiger partial charge in [-0.1, -0.05) is 12.1 Å². The van der Waals surface area contributed by atoms with E-state index in [1.807, 2.05) is 0 Å². The zero-order valence-electron chi connectivity index (χ0n) is 13.7. The minimum Gasteiger partial charge on any atom is -0.379 e. The molecule has 2 aromatic carbocycles. The summed E-state index contributed by atoms with van der Waals surface area (Å²) in [5, 5.41) is 0. The number of alkyl halides is 6. The summed E-state index contributed by atoms with van der Waals surface area (Å²) in [7, 11) is -9.16. The van der Waals surface area contributed by atoms with E-state index in [0.717, 1.165) is 18.2 Å². The summed E-state index contributed by atoms with van der Waals surface area (Å²) in [6.45, 7) is 0. The summed E-state index contributed by atoms with van der Waals surface area (Å²) >= 11 is 0. The summed E-state index contributed by atoms with van der Waals surface area (Å²) in [6, 6.07) is 3.91. The van der Waals surface area contributed by atoms with Crippen LogP contribution in [0.25, 0.3) is 0 Å². The molecule has 13 heteroatoms. The molecule has 0 spiro atoms. The first-order chi connectivity index (χ1) is 12.5. The first-order valence-corrected chi connectivity index (χ1v) is 10.3. The Morgan fingerprint density at radius 2 is 1.18 bits per heavy atom. The van der Waals surface area contributed by atoms with Crippen LogP contribution in [-0.2, 0) is 32.3 Å². The monoisotopic (exact) mass is 448 g/mol. The van der Waals surface area contributed by atoms with E-state index in [4.69, 9.17) is 0 Å². The Bertz CT molecular complexity index is 1070. The van der Waals surface area contributed by atoms with Crippen molar-refractivity contribution in [3.05, 3.63) is 53.6 Å². The summed E-state index contributed by atoms with van der Waals surface area (Å²) in [5.41, 5.74) is -3.58. The lowest BCUT2D eigenvalue weighted by atomic mass is 10.1. The van der Waals surface area contributed by atoms with E-state index < -0.39 is 59.0 Å². The van der Waals surface area contributed by atoms with Crippen LogP contribution >= 0.6 is 0 Å². The lowest BCUT2D eigenvalue weighted by Crippen LogP contribution is -2.16. The highest BCUT2D eigenvalue weighted by Gasteiger charge is 2.38. The van der Waals surface area contributed by atoms with Gasteiger partial charge in [-0.15, -0.1) is 0 Å². The van der Waals surface area contributed by atoms with E-state index in [-0.39, 0.29) is 18.2 Å². The molecule has 0 atom stereocenters. The van der Waals surface area contributed by atoms with Gasteiger partial charge in [0.1, 0.15) is 10.6 Å². The summed E-state index contributed by atoms with van der Waals surface area (Å²) in [4.78, 5) is -1.65. The molecule has 0 bridgehead atoms. The predicted octanol–water partition coefficient (Wildman–Crippen LogP) is 3.90. The van der Waals surface area contributed by atoms with Gasteiger partial charge >= 0.3 is 22.5 Å². The number of halogens is 6. The van der Waals surface area contributed by atoms with Crippen molar-refractivity contribution < 1.29 is 47.4 Å². The van der Waals surface area contributed by atoms with Crippen LogP contribution in [0.4, 0.5) is 26.3 Å². The molecule has 0 saturated carbocycles. The average Bonchev–Trinajstić information content (AvgIpc) is 2.51. The van der Waals surface area contributed by atoms with Crippen LogP contribution < -0.4 is 4.18 Å². The molecule has 0 aliphatic heterocycles. The summed E-state index contributed by atoms with van der Waals surface area (Å²) < 4.78 is 130. The molecule has 0 N–H and O–H groups in total. The molecule has 0 unspecified atom stereocenters. The van der Waals surface area contributed by atoms with E-state index >= 15 is 0 Å². The molecule has 28 heavy (non-hydrogen) atoms. The fourth-order valence-corrected chi connectivity index (χ4v) is 4.63. The molecule has 0 amide bonds. The molecule has 0 heterocycles. The maximum atomic E-state index is 12.9. The highest BCUT2D eigenvalue weighted by atomic mass is 32.2. The van der Waals surface area contributed by atoms with Crippen molar-refractivity contribution in [2.75, 3.05) is 6.26 Å². The Labute approximate surface area is 155 Å². The van der Waals surface area contributed by atoms with Gasteiger partial charge < -0.3 is 4.18 Å². The maximum absolute atomic E-state index is 12.9. The smallest absolute Gasteiger partial charge is 0.379 e. The topological polar surface area (TPSA) is 77.5 Å². The minimum atomic E-state index is -5.21. The Hall–Kier alpha value is -2.28. The largest absolute Gasteiger partial charge is 0.416 e. The van der Waals surface area contributed by atoms with E-state index in [1.165, 1.54) is 6.07 Å². The second-order valence-electron chi connectivity index (χ2n) is 5.50. The molecular formula is C15H10F6O5S2. The SMILES string of the molecule is CS(=O)(=O)c1ccccc1S(=O)(=O)Oc1cc(C(F)(F)F)cc(C(F)(F)F)c1. The van der Waals surface area contributed by atoms with Crippen molar-refractivity contribution >= 4 is 20.0 Å². The van der Waals surface area contributed by atoms with Gasteiger partial charge in [-0.25, -0.2) is 8.42 Å². The van der Waals surface area contributed by atoms with Crippen molar-refractivity contribution in [3.63, 3.8) is 0 Å². The van der Waals surface area contributed by atoms with Crippen molar-refractivity contribution in [2.24, 2.45) is 0 Å². The van der Waals surface area contributed by atoms with Crippen LogP contribution in [0.1, 0.15) is 11.1 Å². The second-order valence-corrected chi connectivity index (χ2v) is 9.00. The number of rotatable bonds is 4. The molecule has 0 aromatic heterocycles. The minimum absolute atomic E-state index is 0.0653. The average molecular weight is 448 g/mol. The van der Waals surface area contributed by atoms with Crippen LogP contribution in [0.3, 0.4) is 0 Å². The van der Waals surface area contributed by atoms with E-state index in [2.05, 4.69) is 4.18 Å². The van der Waals surface area contributed by atoms with Crippen LogP contribution in [-0.4, -0.2) is 23.1 Å². The zero-order chi connectivity index (χ0) is 21.5. The van der Waals surface area contributed by atoms with Gasteiger partial charge in [-0.2, -0.15) is 34.8 Å². The molecular weight excluding hydrogens is 438 g/mol. The predicted molar refractivity (Wildman–Crippen MR) is 83.8 cm³/mol. The fraction of sp³-hybridized carbons (Fsp3) is 0.200. The van der Waals surface area contributed by atoms with Crippen LogP contribution in [0, 0.1) is 0 Å². The molecule has 0 fully saturated rings. The molecule has 2 rings (SSSR count). The lowest BCUT2D eigenvalue weighted by Gasteiger charge is -2.15. The summed E-state index contributed by atoms with van der Waals surface area (Å²) in [5.74, 6) is -1.27. The number of sulfone groups is 1. The molecule has 0 saturated heterocycles. The standard InChI is InChI=1S/C15H10F6O5S2/c1-27(22,23)12-4-2-3-5-13(12)28(24,25)26-11-7-9(14(16,17)18)6-10(8-11)15(19,20)21/h2-8H,1H3. The van der Waals surface area contributed by atoms with Gasteiger partial charge in [-0.05, 0) is 30.3 Å². The van der Waals surface area contributed by atoms with Gasteiger partial charge in [0.2, 0.25) is 0 Å². The molecule has 0 radical (unpaired) electrons. The third-order valence-electron chi connectivity index (χ3n) is 3.29. The first kappa shape index (κ1) is 22.0. The van der Waals surface area contributed by atoms with Crippen molar-refractivity contribution in [2.45, 2.75) is 22.1 Å². The Morgan fingerprint density at radius 3 is 1.57 bits per heavy atom. The molecule has 154 valence electrons. The van der Waals surface area contributed by atoms with Crippen molar-refractivity contribution in [1.82, 2.24) is 0 Å². The third kappa shape index (κ3) is 4.95. The summed E-state index contributed by atoms with van der Waals surface area (Å²) in [6.07, 6.45) is -9.75. The molecule has 5 nitrogen and oxygen atoms in total. The number of benzene rings is 2.